The van der Waals surface area contributed by atoms with Crippen LogP contribution in [0.25, 0.3) is 0 Å². The van der Waals surface area contributed by atoms with Crippen LogP contribution in [0.3, 0.4) is 0 Å². The normalized spacial score (nSPS) is 16.5. The van der Waals surface area contributed by atoms with Crippen LogP contribution >= 0.6 is 0 Å². The number of rotatable bonds is 5. The lowest BCUT2D eigenvalue weighted by Gasteiger charge is -2.21. The fraction of sp³-hybridized carbons (Fsp3) is 0.643. The molecule has 1 heterocycles. The number of hydrogen-bond donors (Lipinski definition) is 2. The van der Waals surface area contributed by atoms with Gasteiger partial charge in [-0.05, 0) is 31.7 Å². The van der Waals surface area contributed by atoms with Crippen molar-refractivity contribution in [2.75, 3.05) is 6.61 Å². The minimum atomic E-state index is -0.415. The van der Waals surface area contributed by atoms with E-state index in [1.807, 2.05) is 6.92 Å². The van der Waals surface area contributed by atoms with Crippen molar-refractivity contribution in [2.24, 2.45) is 11.8 Å². The summed E-state index contributed by atoms with van der Waals surface area (Å²) in [6.07, 6.45) is 6.53. The van der Waals surface area contributed by atoms with Crippen LogP contribution in [0.2, 0.25) is 0 Å². The van der Waals surface area contributed by atoms with E-state index in [2.05, 4.69) is 5.43 Å². The lowest BCUT2D eigenvalue weighted by atomic mass is 9.90. The van der Waals surface area contributed by atoms with Crippen LogP contribution in [0, 0.1) is 12.8 Å². The number of amides is 1. The van der Waals surface area contributed by atoms with Crippen LogP contribution in [0.15, 0.2) is 10.5 Å². The summed E-state index contributed by atoms with van der Waals surface area (Å²) in [6.45, 7) is 3.11. The molecule has 2 rings (SSSR count). The maximum absolute atomic E-state index is 11.3. The second-order valence-corrected chi connectivity index (χ2v) is 5.18. The highest BCUT2D eigenvalue weighted by atomic mass is 16.5. The first-order valence-electron chi connectivity index (χ1n) is 6.88. The van der Waals surface area contributed by atoms with Crippen molar-refractivity contribution in [2.45, 2.75) is 45.6 Å². The van der Waals surface area contributed by atoms with E-state index in [1.165, 1.54) is 32.1 Å². The van der Waals surface area contributed by atoms with Gasteiger partial charge >= 0.3 is 5.91 Å². The van der Waals surface area contributed by atoms with Gasteiger partial charge in [0.1, 0.15) is 5.76 Å². The van der Waals surface area contributed by atoms with Crippen molar-refractivity contribution in [3.05, 3.63) is 23.2 Å². The standard InChI is InChI=1S/C14H22N2O3/c1-10-12(7-13(19-10)14(17)16-15)9-18-8-11-5-3-2-4-6-11/h7,11H,2-6,8-9,15H2,1H3,(H,16,17). The molecule has 0 aliphatic heterocycles. The van der Waals surface area contributed by atoms with Crippen molar-refractivity contribution >= 4 is 5.91 Å². The molecule has 0 unspecified atom stereocenters. The van der Waals surface area contributed by atoms with Crippen molar-refractivity contribution in [3.8, 4) is 0 Å². The molecule has 0 bridgehead atoms. The molecule has 19 heavy (non-hydrogen) atoms. The second-order valence-electron chi connectivity index (χ2n) is 5.18. The first-order valence-corrected chi connectivity index (χ1v) is 6.88. The second kappa shape index (κ2) is 6.73. The summed E-state index contributed by atoms with van der Waals surface area (Å²) in [7, 11) is 0. The molecule has 0 spiro atoms. The quantitative estimate of drug-likeness (QED) is 0.487. The van der Waals surface area contributed by atoms with E-state index < -0.39 is 5.91 Å². The van der Waals surface area contributed by atoms with Crippen molar-refractivity contribution in [1.82, 2.24) is 5.43 Å². The van der Waals surface area contributed by atoms with Crippen LogP contribution in [0.1, 0.15) is 54.0 Å². The molecular formula is C14H22N2O3. The maximum atomic E-state index is 11.3. The van der Waals surface area contributed by atoms with E-state index in [4.69, 9.17) is 15.0 Å². The van der Waals surface area contributed by atoms with Gasteiger partial charge in [0.15, 0.2) is 5.76 Å². The Morgan fingerprint density at radius 1 is 1.47 bits per heavy atom. The summed E-state index contributed by atoms with van der Waals surface area (Å²) in [4.78, 5) is 11.3. The molecule has 1 amide bonds. The molecule has 0 aromatic carbocycles. The Kier molecular flexibility index (Phi) is 4.99. The number of ether oxygens (including phenoxy) is 1. The molecule has 1 fully saturated rings. The van der Waals surface area contributed by atoms with Crippen molar-refractivity contribution in [1.29, 1.82) is 0 Å². The van der Waals surface area contributed by atoms with Gasteiger partial charge in [-0.15, -0.1) is 0 Å². The Morgan fingerprint density at radius 2 is 2.21 bits per heavy atom. The zero-order chi connectivity index (χ0) is 13.7. The van der Waals surface area contributed by atoms with Gasteiger partial charge in [0.2, 0.25) is 0 Å². The third-order valence-corrected chi connectivity index (χ3v) is 3.71. The zero-order valence-corrected chi connectivity index (χ0v) is 11.4. The molecule has 0 atom stereocenters. The molecule has 1 aromatic rings. The first kappa shape index (κ1) is 14.1. The lowest BCUT2D eigenvalue weighted by Crippen LogP contribution is -2.29. The van der Waals surface area contributed by atoms with Crippen LogP contribution in [0.4, 0.5) is 0 Å². The Balaban J connectivity index is 1.82. The number of aryl methyl sites for hydroxylation is 1. The fourth-order valence-corrected chi connectivity index (χ4v) is 2.54. The lowest BCUT2D eigenvalue weighted by molar-refractivity contribution is 0.0732. The Labute approximate surface area is 113 Å². The number of hydrogen-bond acceptors (Lipinski definition) is 4. The fourth-order valence-electron chi connectivity index (χ4n) is 2.54. The summed E-state index contributed by atoms with van der Waals surface area (Å²) >= 11 is 0. The summed E-state index contributed by atoms with van der Waals surface area (Å²) in [5, 5.41) is 0. The minimum Gasteiger partial charge on any atom is -0.456 e. The van der Waals surface area contributed by atoms with Gasteiger partial charge in [0, 0.05) is 12.2 Å². The summed E-state index contributed by atoms with van der Waals surface area (Å²) in [5.41, 5.74) is 2.97. The largest absolute Gasteiger partial charge is 0.456 e. The highest BCUT2D eigenvalue weighted by molar-refractivity contribution is 5.91. The Bertz CT molecular complexity index is 422. The number of furan rings is 1. The molecule has 106 valence electrons. The molecule has 1 aliphatic carbocycles. The van der Waals surface area contributed by atoms with E-state index in [1.54, 1.807) is 6.07 Å². The zero-order valence-electron chi connectivity index (χ0n) is 11.4. The topological polar surface area (TPSA) is 77.5 Å². The number of carbonyl (C=O) groups excluding carboxylic acids is 1. The van der Waals surface area contributed by atoms with E-state index in [-0.39, 0.29) is 5.76 Å². The van der Waals surface area contributed by atoms with Crippen LogP contribution in [0.5, 0.6) is 0 Å². The van der Waals surface area contributed by atoms with Crippen molar-refractivity contribution < 1.29 is 13.9 Å². The monoisotopic (exact) mass is 266 g/mol. The van der Waals surface area contributed by atoms with E-state index in [9.17, 15) is 4.79 Å². The molecule has 0 saturated heterocycles. The summed E-state index contributed by atoms with van der Waals surface area (Å²) < 4.78 is 11.1. The van der Waals surface area contributed by atoms with E-state index in [0.717, 1.165) is 12.2 Å². The molecule has 5 heteroatoms. The van der Waals surface area contributed by atoms with Crippen LogP contribution in [-0.2, 0) is 11.3 Å². The van der Waals surface area contributed by atoms with Gasteiger partial charge in [-0.2, -0.15) is 0 Å². The first-order chi connectivity index (χ1) is 9.20. The van der Waals surface area contributed by atoms with Gasteiger partial charge < -0.3 is 9.15 Å². The maximum Gasteiger partial charge on any atom is 0.300 e. The third kappa shape index (κ3) is 3.81. The highest BCUT2D eigenvalue weighted by Crippen LogP contribution is 2.24. The summed E-state index contributed by atoms with van der Waals surface area (Å²) in [6, 6.07) is 1.69. The predicted molar refractivity (Wildman–Crippen MR) is 71.3 cm³/mol. The number of nitrogens with two attached hydrogens (primary N) is 1. The average Bonchev–Trinajstić information content (AvgIpc) is 2.81. The molecule has 1 aromatic heterocycles. The summed E-state index contributed by atoms with van der Waals surface area (Å²) in [5.74, 6) is 6.29. The van der Waals surface area contributed by atoms with Crippen molar-refractivity contribution in [3.63, 3.8) is 0 Å². The average molecular weight is 266 g/mol. The molecule has 3 N–H and O–H groups in total. The predicted octanol–water partition coefficient (Wildman–Crippen LogP) is 2.29. The smallest absolute Gasteiger partial charge is 0.300 e. The van der Waals surface area contributed by atoms with Gasteiger partial charge in [-0.1, -0.05) is 19.3 Å². The number of nitrogen functional groups attached to an aromatic ring is 1. The van der Waals surface area contributed by atoms with E-state index in [0.29, 0.717) is 18.3 Å². The number of hydrazine groups is 1. The Hall–Kier alpha value is -1.33. The van der Waals surface area contributed by atoms with Crippen LogP contribution in [-0.4, -0.2) is 12.5 Å². The molecule has 1 saturated carbocycles. The SMILES string of the molecule is Cc1oc(C(=O)NN)cc1COCC1CCCCC1. The third-order valence-electron chi connectivity index (χ3n) is 3.71. The van der Waals surface area contributed by atoms with Gasteiger partial charge in [0.05, 0.1) is 6.61 Å². The van der Waals surface area contributed by atoms with Crippen LogP contribution < -0.4 is 11.3 Å². The van der Waals surface area contributed by atoms with Gasteiger partial charge in [-0.3, -0.25) is 10.2 Å². The number of nitrogens with one attached hydrogen (secondary N) is 1. The molecule has 0 radical (unpaired) electrons. The number of carbonyl (C=O) groups is 1. The molecular weight excluding hydrogens is 244 g/mol. The van der Waals surface area contributed by atoms with Gasteiger partial charge in [0.25, 0.3) is 0 Å². The van der Waals surface area contributed by atoms with E-state index >= 15 is 0 Å². The molecule has 5 nitrogen and oxygen atoms in total. The van der Waals surface area contributed by atoms with Gasteiger partial charge in [-0.25, -0.2) is 5.84 Å². The minimum absolute atomic E-state index is 0.233. The molecule has 1 aliphatic rings. The highest BCUT2D eigenvalue weighted by Gasteiger charge is 2.16. The Morgan fingerprint density at radius 3 is 2.89 bits per heavy atom.